The Morgan fingerprint density at radius 1 is 1.17 bits per heavy atom. The van der Waals surface area contributed by atoms with Crippen molar-refractivity contribution in [2.24, 2.45) is 5.41 Å². The van der Waals surface area contributed by atoms with Gasteiger partial charge in [-0.2, -0.15) is 0 Å². The highest BCUT2D eigenvalue weighted by Crippen LogP contribution is 2.47. The van der Waals surface area contributed by atoms with Crippen molar-refractivity contribution in [3.63, 3.8) is 0 Å². The van der Waals surface area contributed by atoms with Gasteiger partial charge >= 0.3 is 5.97 Å². The third kappa shape index (κ3) is 3.60. The number of hydrogen-bond acceptors (Lipinski definition) is 2. The Balaban J connectivity index is 2.54. The average Bonchev–Trinajstić information content (AvgIpc) is 2.94. The van der Waals surface area contributed by atoms with Gasteiger partial charge in [-0.15, -0.1) is 0 Å². The molecule has 0 bridgehead atoms. The van der Waals surface area contributed by atoms with Crippen molar-refractivity contribution >= 4 is 5.97 Å². The van der Waals surface area contributed by atoms with E-state index in [1.54, 1.807) is 7.11 Å². The van der Waals surface area contributed by atoms with E-state index in [1.807, 2.05) is 6.07 Å². The maximum Gasteiger partial charge on any atom is 0.314 e. The Hall–Kier alpha value is -1.51. The molecular weight excluding hydrogens is 300 g/mol. The fourth-order valence-corrected chi connectivity index (χ4v) is 4.51. The molecule has 0 aliphatic heterocycles. The summed E-state index contributed by atoms with van der Waals surface area (Å²) in [5.74, 6) is -0.0151. The second-order valence-electron chi connectivity index (χ2n) is 9.13. The number of hydrogen-bond donors (Lipinski definition) is 1. The number of carboxylic acid groups (broad SMARTS) is 1. The van der Waals surface area contributed by atoms with Crippen molar-refractivity contribution in [1.82, 2.24) is 0 Å². The molecule has 1 saturated carbocycles. The summed E-state index contributed by atoms with van der Waals surface area (Å²) in [5, 5.41) is 9.96. The fraction of sp³-hybridized carbons (Fsp3) is 0.667. The van der Waals surface area contributed by atoms with Gasteiger partial charge in [0, 0.05) is 5.56 Å². The normalized spacial score (nSPS) is 17.8. The van der Waals surface area contributed by atoms with Gasteiger partial charge in [0.1, 0.15) is 5.75 Å². The van der Waals surface area contributed by atoms with Crippen LogP contribution in [0.1, 0.15) is 77.8 Å². The van der Waals surface area contributed by atoms with Gasteiger partial charge in [0.25, 0.3) is 0 Å². The van der Waals surface area contributed by atoms with Crippen LogP contribution < -0.4 is 4.74 Å². The number of benzene rings is 1. The highest BCUT2D eigenvalue weighted by Gasteiger charge is 2.45. The third-order valence-corrected chi connectivity index (χ3v) is 5.34. The second kappa shape index (κ2) is 6.42. The lowest BCUT2D eigenvalue weighted by atomic mass is 9.70. The van der Waals surface area contributed by atoms with Crippen LogP contribution in [-0.2, 0) is 15.6 Å². The van der Waals surface area contributed by atoms with Gasteiger partial charge < -0.3 is 9.84 Å². The van der Waals surface area contributed by atoms with Crippen LogP contribution in [0.5, 0.6) is 5.75 Å². The van der Waals surface area contributed by atoms with Crippen molar-refractivity contribution in [3.8, 4) is 5.75 Å². The molecule has 1 aliphatic rings. The molecule has 0 heterocycles. The summed E-state index contributed by atoms with van der Waals surface area (Å²) in [7, 11) is 1.63. The third-order valence-electron chi connectivity index (χ3n) is 5.34. The van der Waals surface area contributed by atoms with Crippen LogP contribution in [0.3, 0.4) is 0 Å². The van der Waals surface area contributed by atoms with Crippen LogP contribution >= 0.6 is 0 Å². The molecule has 0 saturated heterocycles. The number of ether oxygens (including phenoxy) is 1. The van der Waals surface area contributed by atoms with Gasteiger partial charge in [0.05, 0.1) is 12.5 Å². The summed E-state index contributed by atoms with van der Waals surface area (Å²) in [5.41, 5.74) is 1.45. The average molecular weight is 332 g/mol. The molecule has 0 aromatic heterocycles. The zero-order valence-corrected chi connectivity index (χ0v) is 16.0. The SMILES string of the molecule is COc1ccc(C(C)(C)CC(C)(C)C)cc1C1(C(=O)O)CCCC1. The molecule has 1 aliphatic carbocycles. The van der Waals surface area contributed by atoms with Crippen LogP contribution in [-0.4, -0.2) is 18.2 Å². The van der Waals surface area contributed by atoms with Crippen LogP contribution in [0.4, 0.5) is 0 Å². The lowest BCUT2D eigenvalue weighted by molar-refractivity contribution is -0.143. The molecule has 3 nitrogen and oxygen atoms in total. The van der Waals surface area contributed by atoms with E-state index in [2.05, 4.69) is 46.8 Å². The number of carboxylic acids is 1. The molecule has 1 fully saturated rings. The minimum atomic E-state index is -0.792. The molecule has 1 aromatic carbocycles. The van der Waals surface area contributed by atoms with E-state index >= 15 is 0 Å². The van der Waals surface area contributed by atoms with E-state index in [0.717, 1.165) is 24.8 Å². The molecule has 24 heavy (non-hydrogen) atoms. The van der Waals surface area contributed by atoms with Gasteiger partial charge in [-0.25, -0.2) is 0 Å². The lowest BCUT2D eigenvalue weighted by Gasteiger charge is -2.35. The molecule has 0 atom stereocenters. The molecule has 0 amide bonds. The van der Waals surface area contributed by atoms with Crippen molar-refractivity contribution in [3.05, 3.63) is 29.3 Å². The molecule has 0 spiro atoms. The first-order valence-corrected chi connectivity index (χ1v) is 8.94. The maximum absolute atomic E-state index is 12.1. The minimum absolute atomic E-state index is 0.0163. The second-order valence-corrected chi connectivity index (χ2v) is 9.13. The smallest absolute Gasteiger partial charge is 0.314 e. The zero-order valence-electron chi connectivity index (χ0n) is 16.0. The maximum atomic E-state index is 12.1. The topological polar surface area (TPSA) is 46.5 Å². The lowest BCUT2D eigenvalue weighted by Crippen LogP contribution is -2.34. The van der Waals surface area contributed by atoms with Crippen molar-refractivity contribution < 1.29 is 14.6 Å². The fourth-order valence-electron chi connectivity index (χ4n) is 4.51. The minimum Gasteiger partial charge on any atom is -0.496 e. The summed E-state index contributed by atoms with van der Waals surface area (Å²) in [6.07, 6.45) is 4.35. The standard InChI is InChI=1S/C21H32O3/c1-19(2,3)14-20(4,5)15-9-10-17(24-6)16(13-15)21(18(22)23)11-7-8-12-21/h9-10,13H,7-8,11-12,14H2,1-6H3,(H,22,23). The largest absolute Gasteiger partial charge is 0.496 e. The van der Waals surface area contributed by atoms with E-state index in [4.69, 9.17) is 4.74 Å². The van der Waals surface area contributed by atoms with Gasteiger partial charge in [0.15, 0.2) is 0 Å². The van der Waals surface area contributed by atoms with Crippen molar-refractivity contribution in [2.75, 3.05) is 7.11 Å². The molecule has 0 radical (unpaired) electrons. The molecule has 1 aromatic rings. The van der Waals surface area contributed by atoms with Gasteiger partial charge in [-0.05, 0) is 41.7 Å². The quantitative estimate of drug-likeness (QED) is 0.795. The Kier molecular flexibility index (Phi) is 5.03. The van der Waals surface area contributed by atoms with Gasteiger partial charge in [-0.1, -0.05) is 59.6 Å². The van der Waals surface area contributed by atoms with Crippen molar-refractivity contribution in [1.29, 1.82) is 0 Å². The first-order valence-electron chi connectivity index (χ1n) is 8.94. The van der Waals surface area contributed by atoms with Gasteiger partial charge in [0.2, 0.25) is 0 Å². The molecule has 2 rings (SSSR count). The van der Waals surface area contributed by atoms with E-state index in [-0.39, 0.29) is 10.8 Å². The molecule has 134 valence electrons. The van der Waals surface area contributed by atoms with Crippen LogP contribution in [0.25, 0.3) is 0 Å². The van der Waals surface area contributed by atoms with E-state index in [0.29, 0.717) is 18.6 Å². The van der Waals surface area contributed by atoms with Gasteiger partial charge in [-0.3, -0.25) is 4.79 Å². The Labute approximate surface area is 146 Å². The summed E-state index contributed by atoms with van der Waals surface area (Å²) < 4.78 is 5.54. The van der Waals surface area contributed by atoms with E-state index < -0.39 is 11.4 Å². The molecule has 0 unspecified atom stereocenters. The zero-order chi connectivity index (χ0) is 18.2. The number of methoxy groups -OCH3 is 1. The predicted molar refractivity (Wildman–Crippen MR) is 97.9 cm³/mol. The van der Waals surface area contributed by atoms with Crippen LogP contribution in [0, 0.1) is 5.41 Å². The first kappa shape index (κ1) is 18.8. The number of rotatable bonds is 5. The summed E-state index contributed by atoms with van der Waals surface area (Å²) in [6, 6.07) is 6.15. The molecule has 1 N–H and O–H groups in total. The monoisotopic (exact) mass is 332 g/mol. The first-order chi connectivity index (χ1) is 11.0. The Morgan fingerprint density at radius 3 is 2.21 bits per heavy atom. The van der Waals surface area contributed by atoms with E-state index in [1.165, 1.54) is 5.56 Å². The van der Waals surface area contributed by atoms with Crippen LogP contribution in [0.15, 0.2) is 18.2 Å². The number of aliphatic carboxylic acids is 1. The van der Waals surface area contributed by atoms with E-state index in [9.17, 15) is 9.90 Å². The predicted octanol–water partition coefficient (Wildman–Crippen LogP) is 5.31. The van der Waals surface area contributed by atoms with Crippen LogP contribution in [0.2, 0.25) is 0 Å². The summed E-state index contributed by atoms with van der Waals surface area (Å²) in [6.45, 7) is 11.2. The number of carbonyl (C=O) groups is 1. The highest BCUT2D eigenvalue weighted by atomic mass is 16.5. The molecular formula is C21H32O3. The Morgan fingerprint density at radius 2 is 1.75 bits per heavy atom. The molecule has 3 heteroatoms. The highest BCUT2D eigenvalue weighted by molar-refractivity contribution is 5.83. The Bertz CT molecular complexity index is 602. The van der Waals surface area contributed by atoms with Crippen molar-refractivity contribution in [2.45, 2.75) is 77.6 Å². The summed E-state index contributed by atoms with van der Waals surface area (Å²) >= 11 is 0. The summed E-state index contributed by atoms with van der Waals surface area (Å²) in [4.78, 5) is 12.1.